The minimum absolute atomic E-state index is 0.250. The molecule has 0 fully saturated rings. The smallest absolute Gasteiger partial charge is 0.338 e. The van der Waals surface area contributed by atoms with Crippen molar-refractivity contribution >= 4 is 28.5 Å². The molecule has 0 unspecified atom stereocenters. The van der Waals surface area contributed by atoms with Crippen molar-refractivity contribution in [3.05, 3.63) is 89.2 Å². The first-order valence-corrected chi connectivity index (χ1v) is 15.1. The van der Waals surface area contributed by atoms with Crippen LogP contribution in [-0.4, -0.2) is 68.6 Å². The number of ether oxygens (including phenoxy) is 4. The third-order valence-electron chi connectivity index (χ3n) is 7.09. The van der Waals surface area contributed by atoms with E-state index in [1.165, 1.54) is 0 Å². The van der Waals surface area contributed by atoms with Crippen molar-refractivity contribution in [3.8, 4) is 39.6 Å². The van der Waals surface area contributed by atoms with Crippen LogP contribution in [0.25, 0.3) is 33.2 Å². The first kappa shape index (κ1) is 32.0. The molecule has 0 saturated heterocycles. The third kappa shape index (κ3) is 7.99. The Hall–Kier alpha value is -4.44. The fraction of sp³-hybridized carbons (Fsp3) is 0.286. The van der Waals surface area contributed by atoms with Crippen LogP contribution in [0, 0.1) is 0 Å². The molecule has 9 nitrogen and oxygen atoms in total. The van der Waals surface area contributed by atoms with Crippen molar-refractivity contribution < 1.29 is 28.3 Å². The van der Waals surface area contributed by atoms with Crippen molar-refractivity contribution in [1.82, 2.24) is 15.0 Å². The zero-order valence-electron chi connectivity index (χ0n) is 25.8. The second kappa shape index (κ2) is 15.0. The topological polar surface area (TPSA) is 96.2 Å². The van der Waals surface area contributed by atoms with Crippen LogP contribution in [-0.2, 0) is 15.9 Å². The number of aromatic nitrogens is 2. The quantitative estimate of drug-likeness (QED) is 0.0904. The normalized spacial score (nSPS) is 11.2. The van der Waals surface area contributed by atoms with E-state index in [9.17, 15) is 4.79 Å². The van der Waals surface area contributed by atoms with E-state index in [-0.39, 0.29) is 6.61 Å². The molecule has 0 N–H and O–H groups in total. The summed E-state index contributed by atoms with van der Waals surface area (Å²) in [5.74, 6) is 1.06. The Kier molecular flexibility index (Phi) is 10.7. The zero-order valence-corrected chi connectivity index (χ0v) is 26.6. The lowest BCUT2D eigenvalue weighted by molar-refractivity contribution is 0.0469. The van der Waals surface area contributed by atoms with Gasteiger partial charge in [-0.2, -0.15) is 0 Å². The number of pyridine rings is 1. The Bertz CT molecular complexity index is 1750. The van der Waals surface area contributed by atoms with Gasteiger partial charge in [0.1, 0.15) is 11.5 Å². The molecule has 0 saturated carbocycles. The molecule has 0 aliphatic heterocycles. The summed E-state index contributed by atoms with van der Waals surface area (Å²) in [6.07, 6.45) is 3.19. The van der Waals surface area contributed by atoms with Crippen LogP contribution in [0.4, 0.5) is 0 Å². The van der Waals surface area contributed by atoms with E-state index < -0.39 is 5.97 Å². The van der Waals surface area contributed by atoms with E-state index in [0.717, 1.165) is 41.1 Å². The first-order valence-electron chi connectivity index (χ1n) is 14.8. The summed E-state index contributed by atoms with van der Waals surface area (Å²) in [6, 6.07) is 20.3. The lowest BCUT2D eigenvalue weighted by Crippen LogP contribution is -2.15. The van der Waals surface area contributed by atoms with Crippen LogP contribution >= 0.6 is 11.6 Å². The number of likely N-dealkylation sites (N-methyl/N-ethyl adjacent to an activating group) is 1. The van der Waals surface area contributed by atoms with E-state index in [0.29, 0.717) is 58.4 Å². The second-order valence-electron chi connectivity index (χ2n) is 10.7. The van der Waals surface area contributed by atoms with Gasteiger partial charge in [-0.25, -0.2) is 4.79 Å². The highest BCUT2D eigenvalue weighted by atomic mass is 35.5. The van der Waals surface area contributed by atoms with Crippen LogP contribution < -0.4 is 9.47 Å². The Morgan fingerprint density at radius 1 is 0.956 bits per heavy atom. The predicted octanol–water partition coefficient (Wildman–Crippen LogP) is 7.70. The number of rotatable bonds is 14. The minimum Gasteiger partial charge on any atom is -0.493 e. The molecule has 3 aromatic carbocycles. The number of halogens is 1. The molecule has 0 spiro atoms. The molecule has 2 aromatic heterocycles. The average molecular weight is 630 g/mol. The molecule has 0 atom stereocenters. The van der Waals surface area contributed by atoms with Crippen molar-refractivity contribution in [1.29, 1.82) is 0 Å². The molecular formula is C35H36ClN3O6. The van der Waals surface area contributed by atoms with Crippen LogP contribution in [0.2, 0.25) is 5.02 Å². The monoisotopic (exact) mass is 629 g/mol. The van der Waals surface area contributed by atoms with Crippen LogP contribution in [0.5, 0.6) is 17.4 Å². The van der Waals surface area contributed by atoms with Crippen molar-refractivity contribution in [2.45, 2.75) is 19.8 Å². The predicted molar refractivity (Wildman–Crippen MR) is 174 cm³/mol. The summed E-state index contributed by atoms with van der Waals surface area (Å²) < 4.78 is 28.3. The van der Waals surface area contributed by atoms with Crippen LogP contribution in [0.1, 0.15) is 29.4 Å². The molecule has 0 amide bonds. The summed E-state index contributed by atoms with van der Waals surface area (Å²) in [5, 5.41) is 5.48. The molecule has 5 aromatic rings. The lowest BCUT2D eigenvalue weighted by atomic mass is 10.00. The van der Waals surface area contributed by atoms with Gasteiger partial charge >= 0.3 is 5.97 Å². The van der Waals surface area contributed by atoms with Gasteiger partial charge in [-0.15, -0.1) is 0 Å². The van der Waals surface area contributed by atoms with E-state index in [4.69, 9.17) is 35.1 Å². The number of fused-ring (bicyclic) bond motifs is 1. The van der Waals surface area contributed by atoms with Crippen molar-refractivity contribution in [3.63, 3.8) is 0 Å². The van der Waals surface area contributed by atoms with Gasteiger partial charge in [0.15, 0.2) is 5.58 Å². The average Bonchev–Trinajstić information content (AvgIpc) is 3.44. The molecule has 5 rings (SSSR count). The van der Waals surface area contributed by atoms with Crippen molar-refractivity contribution in [2.24, 2.45) is 0 Å². The van der Waals surface area contributed by atoms with E-state index in [1.807, 2.05) is 63.5 Å². The van der Waals surface area contributed by atoms with E-state index in [2.05, 4.69) is 15.0 Å². The Morgan fingerprint density at radius 2 is 1.80 bits per heavy atom. The van der Waals surface area contributed by atoms with Gasteiger partial charge in [-0.1, -0.05) is 23.7 Å². The van der Waals surface area contributed by atoms with Gasteiger partial charge in [-0.05, 0) is 86.3 Å². The number of hydrogen-bond donors (Lipinski definition) is 0. The number of benzene rings is 3. The molecule has 0 aliphatic carbocycles. The SMILES string of the molecule is CCOc1ccc(Cl)cc1-c1ccc2c(Oc3ccc(C(=O)OCCCOC)c(-c4ccc(CCN(C)C)nc4)c3)noc2c1. The van der Waals surface area contributed by atoms with Crippen LogP contribution in [0.3, 0.4) is 0 Å². The number of carbonyl (C=O) groups is 1. The third-order valence-corrected chi connectivity index (χ3v) is 7.33. The number of carbonyl (C=O) groups excluding carboxylic acids is 1. The summed E-state index contributed by atoms with van der Waals surface area (Å²) >= 11 is 6.29. The number of methoxy groups -OCH3 is 1. The molecule has 10 heteroatoms. The number of nitrogens with zero attached hydrogens (tertiary/aromatic N) is 3. The molecule has 45 heavy (non-hydrogen) atoms. The Balaban J connectivity index is 1.44. The summed E-state index contributed by atoms with van der Waals surface area (Å²) in [4.78, 5) is 19.9. The Morgan fingerprint density at radius 3 is 2.56 bits per heavy atom. The van der Waals surface area contributed by atoms with Gasteiger partial charge < -0.3 is 28.4 Å². The zero-order chi connectivity index (χ0) is 31.8. The van der Waals surface area contributed by atoms with Gasteiger partial charge in [0.05, 0.1) is 24.2 Å². The summed E-state index contributed by atoms with van der Waals surface area (Å²) in [6.45, 7) is 4.10. The standard InChI is InChI=1S/C35H36ClN3O6/c1-5-42-32-14-9-25(36)20-31(32)23-8-12-29-33(19-23)45-38-34(29)44-27-11-13-28(35(40)43-18-6-17-41-4)30(21-27)24-7-10-26(37-22-24)15-16-39(2)3/h7-14,19-22H,5-6,15-18H2,1-4H3. The molecule has 0 radical (unpaired) electrons. The summed E-state index contributed by atoms with van der Waals surface area (Å²) in [7, 11) is 5.67. The maximum atomic E-state index is 13.1. The van der Waals surface area contributed by atoms with Gasteiger partial charge in [0.25, 0.3) is 5.88 Å². The fourth-order valence-corrected chi connectivity index (χ4v) is 4.97. The highest BCUT2D eigenvalue weighted by Crippen LogP contribution is 2.38. The maximum absolute atomic E-state index is 13.1. The fourth-order valence-electron chi connectivity index (χ4n) is 4.80. The first-order chi connectivity index (χ1) is 21.9. The second-order valence-corrected chi connectivity index (χ2v) is 11.1. The summed E-state index contributed by atoms with van der Waals surface area (Å²) in [5.41, 5.74) is 5.02. The van der Waals surface area contributed by atoms with E-state index >= 15 is 0 Å². The van der Waals surface area contributed by atoms with Gasteiger partial charge in [0.2, 0.25) is 0 Å². The number of esters is 1. The molecule has 0 bridgehead atoms. The van der Waals surface area contributed by atoms with Gasteiger partial charge in [-0.3, -0.25) is 4.98 Å². The minimum atomic E-state index is -0.434. The molecular weight excluding hydrogens is 594 g/mol. The molecule has 2 heterocycles. The highest BCUT2D eigenvalue weighted by Gasteiger charge is 2.19. The Labute approximate surface area is 267 Å². The maximum Gasteiger partial charge on any atom is 0.338 e. The highest BCUT2D eigenvalue weighted by molar-refractivity contribution is 6.31. The lowest BCUT2D eigenvalue weighted by Gasteiger charge is -2.13. The van der Waals surface area contributed by atoms with Crippen molar-refractivity contribution in [2.75, 3.05) is 47.6 Å². The molecule has 234 valence electrons. The van der Waals surface area contributed by atoms with Crippen LogP contribution in [0.15, 0.2) is 77.4 Å². The van der Waals surface area contributed by atoms with Gasteiger partial charge in [0, 0.05) is 66.7 Å². The largest absolute Gasteiger partial charge is 0.493 e. The number of hydrogen-bond acceptors (Lipinski definition) is 9. The van der Waals surface area contributed by atoms with E-state index in [1.54, 1.807) is 37.6 Å². The molecule has 0 aliphatic rings.